The van der Waals surface area contributed by atoms with Crippen LogP contribution in [0.2, 0.25) is 0 Å². The molecule has 0 aliphatic carbocycles. The van der Waals surface area contributed by atoms with E-state index in [1.54, 1.807) is 6.08 Å². The van der Waals surface area contributed by atoms with Crippen molar-refractivity contribution in [2.75, 3.05) is 0 Å². The molecule has 1 atom stereocenters. The maximum absolute atomic E-state index is 11.4. The highest BCUT2D eigenvalue weighted by atomic mass is 79.9. The van der Waals surface area contributed by atoms with Gasteiger partial charge in [0.1, 0.15) is 3.74 Å². The summed E-state index contributed by atoms with van der Waals surface area (Å²) in [4.78, 5) is 11.4. The molecule has 0 fully saturated rings. The summed E-state index contributed by atoms with van der Waals surface area (Å²) in [7, 11) is 0. The highest BCUT2D eigenvalue weighted by molar-refractivity contribution is 9.25. The van der Waals surface area contributed by atoms with E-state index in [0.29, 0.717) is 0 Å². The number of carbonyl (C=O) groups excluding carboxylic acids is 1. The van der Waals surface area contributed by atoms with Gasteiger partial charge in [0.25, 0.3) is 0 Å². The van der Waals surface area contributed by atoms with E-state index in [9.17, 15) is 4.79 Å². The molecule has 0 N–H and O–H groups in total. The van der Waals surface area contributed by atoms with Crippen molar-refractivity contribution in [3.05, 3.63) is 42.0 Å². The van der Waals surface area contributed by atoms with Crippen molar-refractivity contribution in [1.29, 1.82) is 0 Å². The van der Waals surface area contributed by atoms with Crippen molar-refractivity contribution in [1.82, 2.24) is 0 Å². The van der Waals surface area contributed by atoms with E-state index >= 15 is 0 Å². The van der Waals surface area contributed by atoms with E-state index in [-0.39, 0.29) is 3.74 Å². The summed E-state index contributed by atoms with van der Waals surface area (Å²) >= 11 is 9.66. The SMILES string of the molecule is O=C(C=Cc1ccccc1)OC(Br)C(Br)Br. The van der Waals surface area contributed by atoms with Gasteiger partial charge in [-0.1, -0.05) is 62.2 Å². The van der Waals surface area contributed by atoms with Crippen molar-refractivity contribution >= 4 is 59.8 Å². The van der Waals surface area contributed by atoms with E-state index in [4.69, 9.17) is 4.74 Å². The third-order valence-electron chi connectivity index (χ3n) is 1.64. The number of carbonyl (C=O) groups is 1. The van der Waals surface area contributed by atoms with Crippen molar-refractivity contribution in [3.63, 3.8) is 0 Å². The third-order valence-corrected chi connectivity index (χ3v) is 4.73. The molecule has 0 heterocycles. The second kappa shape index (κ2) is 7.25. The van der Waals surface area contributed by atoms with Gasteiger partial charge in [0, 0.05) is 6.08 Å². The largest absolute Gasteiger partial charge is 0.445 e. The van der Waals surface area contributed by atoms with Crippen LogP contribution in [0.5, 0.6) is 0 Å². The van der Waals surface area contributed by atoms with E-state index in [0.717, 1.165) is 5.56 Å². The van der Waals surface area contributed by atoms with Crippen molar-refractivity contribution < 1.29 is 9.53 Å². The second-order valence-electron chi connectivity index (χ2n) is 2.87. The summed E-state index contributed by atoms with van der Waals surface area (Å²) in [5.74, 6) is -0.394. The smallest absolute Gasteiger partial charge is 0.331 e. The zero-order chi connectivity index (χ0) is 12.0. The molecule has 1 aromatic rings. The second-order valence-corrected chi connectivity index (χ2v) is 6.97. The Labute approximate surface area is 119 Å². The predicted molar refractivity (Wildman–Crippen MR) is 75.9 cm³/mol. The molecule has 16 heavy (non-hydrogen) atoms. The van der Waals surface area contributed by atoms with Gasteiger partial charge in [0.2, 0.25) is 0 Å². The number of esters is 1. The van der Waals surface area contributed by atoms with Crippen LogP contribution in [0.3, 0.4) is 0 Å². The van der Waals surface area contributed by atoms with Gasteiger partial charge in [0.05, 0.1) is 0 Å². The molecule has 1 aromatic carbocycles. The Kier molecular flexibility index (Phi) is 6.31. The molecule has 1 rings (SSSR count). The average molecular weight is 413 g/mol. The normalized spacial score (nSPS) is 13.0. The Morgan fingerprint density at radius 3 is 2.38 bits per heavy atom. The Hall–Kier alpha value is -0.130. The van der Waals surface area contributed by atoms with Gasteiger partial charge in [-0.2, -0.15) is 0 Å². The molecular formula is C11H9Br3O2. The van der Waals surface area contributed by atoms with Crippen LogP contribution in [-0.4, -0.2) is 14.7 Å². The van der Waals surface area contributed by atoms with Crippen LogP contribution in [0.15, 0.2) is 36.4 Å². The van der Waals surface area contributed by atoms with Crippen molar-refractivity contribution in [2.45, 2.75) is 8.75 Å². The van der Waals surface area contributed by atoms with Gasteiger partial charge in [-0.25, -0.2) is 4.79 Å². The molecule has 2 nitrogen and oxygen atoms in total. The van der Waals surface area contributed by atoms with Gasteiger partial charge in [0.15, 0.2) is 5.01 Å². The predicted octanol–water partition coefficient (Wildman–Crippen LogP) is 4.08. The van der Waals surface area contributed by atoms with Gasteiger partial charge in [-0.3, -0.25) is 0 Å². The summed E-state index contributed by atoms with van der Waals surface area (Å²) < 4.78 is 4.91. The number of ether oxygens (including phenoxy) is 1. The summed E-state index contributed by atoms with van der Waals surface area (Å²) in [6, 6.07) is 9.56. The van der Waals surface area contributed by atoms with E-state index in [1.165, 1.54) is 6.08 Å². The standard InChI is InChI=1S/C11H9Br3O2/c12-10(13)11(14)16-9(15)7-6-8-4-2-1-3-5-8/h1-7,10-11H. The number of benzene rings is 1. The first kappa shape index (κ1) is 13.9. The lowest BCUT2D eigenvalue weighted by molar-refractivity contribution is -0.138. The van der Waals surface area contributed by atoms with Crippen LogP contribution < -0.4 is 0 Å². The molecule has 0 saturated carbocycles. The summed E-state index contributed by atoms with van der Waals surface area (Å²) in [6.07, 6.45) is 3.10. The topological polar surface area (TPSA) is 26.3 Å². The molecule has 0 aliphatic heterocycles. The minimum Gasteiger partial charge on any atom is -0.445 e. The number of hydrogen-bond acceptors (Lipinski definition) is 2. The average Bonchev–Trinajstić information content (AvgIpc) is 2.27. The number of rotatable bonds is 4. The molecule has 0 aromatic heterocycles. The van der Waals surface area contributed by atoms with Gasteiger partial charge >= 0.3 is 5.97 Å². The van der Waals surface area contributed by atoms with Gasteiger partial charge in [-0.05, 0) is 27.6 Å². The third kappa shape index (κ3) is 5.27. The fraction of sp³-hybridized carbons (Fsp3) is 0.182. The molecule has 5 heteroatoms. The van der Waals surface area contributed by atoms with Crippen LogP contribution in [0.1, 0.15) is 5.56 Å². The monoisotopic (exact) mass is 410 g/mol. The number of alkyl halides is 3. The van der Waals surface area contributed by atoms with E-state index in [2.05, 4.69) is 47.8 Å². The summed E-state index contributed by atoms with van der Waals surface area (Å²) in [6.45, 7) is 0. The van der Waals surface area contributed by atoms with E-state index < -0.39 is 11.0 Å². The first-order valence-electron chi connectivity index (χ1n) is 4.45. The Balaban J connectivity index is 2.49. The number of halogens is 3. The van der Waals surface area contributed by atoms with Crippen LogP contribution in [0.4, 0.5) is 0 Å². The Morgan fingerprint density at radius 1 is 1.19 bits per heavy atom. The minimum absolute atomic E-state index is 0.117. The first-order valence-corrected chi connectivity index (χ1v) is 7.20. The first-order chi connectivity index (χ1) is 7.59. The molecule has 0 radical (unpaired) electrons. The zero-order valence-electron chi connectivity index (χ0n) is 8.15. The maximum Gasteiger partial charge on any atom is 0.331 e. The molecule has 86 valence electrons. The lowest BCUT2D eigenvalue weighted by Crippen LogP contribution is -2.15. The minimum atomic E-state index is -0.402. The van der Waals surface area contributed by atoms with E-state index in [1.807, 2.05) is 30.3 Å². The quantitative estimate of drug-likeness (QED) is 0.423. The zero-order valence-corrected chi connectivity index (χ0v) is 12.9. The lowest BCUT2D eigenvalue weighted by atomic mass is 10.2. The van der Waals surface area contributed by atoms with Crippen LogP contribution >= 0.6 is 47.8 Å². The molecule has 1 unspecified atom stereocenters. The molecular weight excluding hydrogens is 404 g/mol. The molecule has 0 bridgehead atoms. The highest BCUT2D eigenvalue weighted by Crippen LogP contribution is 2.21. The van der Waals surface area contributed by atoms with Gasteiger partial charge in [-0.15, -0.1) is 0 Å². The maximum atomic E-state index is 11.4. The molecule has 0 spiro atoms. The molecule has 0 amide bonds. The Bertz CT molecular complexity index is 363. The molecule has 0 aliphatic rings. The lowest BCUT2D eigenvalue weighted by Gasteiger charge is -2.10. The highest BCUT2D eigenvalue weighted by Gasteiger charge is 2.15. The summed E-state index contributed by atoms with van der Waals surface area (Å²) in [5.41, 5.74) is 0.958. The number of hydrogen-bond donors (Lipinski definition) is 0. The summed E-state index contributed by atoms with van der Waals surface area (Å²) in [5, 5.41) is -0.402. The fourth-order valence-electron chi connectivity index (χ4n) is 0.930. The fourth-order valence-corrected chi connectivity index (χ4v) is 1.33. The van der Waals surface area contributed by atoms with Crippen molar-refractivity contribution in [3.8, 4) is 0 Å². The van der Waals surface area contributed by atoms with Crippen molar-refractivity contribution in [2.24, 2.45) is 0 Å². The van der Waals surface area contributed by atoms with Gasteiger partial charge < -0.3 is 4.74 Å². The molecule has 0 saturated heterocycles. The van der Waals surface area contributed by atoms with Crippen LogP contribution in [0, 0.1) is 0 Å². The van der Waals surface area contributed by atoms with Crippen LogP contribution in [-0.2, 0) is 9.53 Å². The Morgan fingerprint density at radius 2 is 1.81 bits per heavy atom. The van der Waals surface area contributed by atoms with Crippen LogP contribution in [0.25, 0.3) is 6.08 Å².